The molecule has 0 aromatic rings. The molecule has 2 nitrogen and oxygen atoms in total. The standard InChI is InChI=1S/C11H19NO/c1-4-9(12)8-7-11(2,3)6-5-10(8)13/h7,9H,4-6,12H2,1-3H3. The summed E-state index contributed by atoms with van der Waals surface area (Å²) in [6.45, 7) is 6.32. The van der Waals surface area contributed by atoms with Crippen LogP contribution < -0.4 is 5.73 Å². The summed E-state index contributed by atoms with van der Waals surface area (Å²) in [7, 11) is 0. The van der Waals surface area contributed by atoms with Crippen molar-refractivity contribution in [3.05, 3.63) is 11.6 Å². The number of hydrogen-bond acceptors (Lipinski definition) is 2. The molecule has 2 heteroatoms. The van der Waals surface area contributed by atoms with Gasteiger partial charge >= 0.3 is 0 Å². The second kappa shape index (κ2) is 3.62. The highest BCUT2D eigenvalue weighted by Crippen LogP contribution is 2.32. The minimum atomic E-state index is -0.0629. The van der Waals surface area contributed by atoms with Crippen LogP contribution in [0.1, 0.15) is 40.0 Å². The second-order valence-corrected chi connectivity index (χ2v) is 4.53. The molecule has 0 aromatic heterocycles. The fourth-order valence-corrected chi connectivity index (χ4v) is 1.69. The summed E-state index contributed by atoms with van der Waals surface area (Å²) in [5, 5.41) is 0. The molecular formula is C11H19NO. The topological polar surface area (TPSA) is 43.1 Å². The van der Waals surface area contributed by atoms with E-state index in [0.29, 0.717) is 6.42 Å². The molecule has 0 bridgehead atoms. The number of ketones is 1. The average molecular weight is 181 g/mol. The molecule has 0 radical (unpaired) electrons. The fraction of sp³-hybridized carbons (Fsp3) is 0.727. The van der Waals surface area contributed by atoms with Crippen molar-refractivity contribution >= 4 is 5.78 Å². The van der Waals surface area contributed by atoms with Gasteiger partial charge in [-0.05, 0) is 18.3 Å². The molecule has 0 heterocycles. The SMILES string of the molecule is CCC(N)C1=CC(C)(C)CCC1=O. The van der Waals surface area contributed by atoms with Gasteiger partial charge in [0.2, 0.25) is 0 Å². The highest BCUT2D eigenvalue weighted by molar-refractivity contribution is 5.97. The maximum Gasteiger partial charge on any atom is 0.160 e. The number of allylic oxidation sites excluding steroid dienone is 1. The zero-order chi connectivity index (χ0) is 10.1. The van der Waals surface area contributed by atoms with Crippen molar-refractivity contribution in [3.8, 4) is 0 Å². The Kier molecular flexibility index (Phi) is 2.91. The third-order valence-corrected chi connectivity index (χ3v) is 2.70. The van der Waals surface area contributed by atoms with Gasteiger partial charge in [-0.1, -0.05) is 26.8 Å². The lowest BCUT2D eigenvalue weighted by molar-refractivity contribution is -0.116. The maximum atomic E-state index is 11.5. The summed E-state index contributed by atoms with van der Waals surface area (Å²) < 4.78 is 0. The molecular weight excluding hydrogens is 162 g/mol. The summed E-state index contributed by atoms with van der Waals surface area (Å²) in [5.41, 5.74) is 6.87. The van der Waals surface area contributed by atoms with E-state index in [4.69, 9.17) is 5.73 Å². The summed E-state index contributed by atoms with van der Waals surface area (Å²) in [4.78, 5) is 11.5. The van der Waals surface area contributed by atoms with Gasteiger partial charge in [-0.2, -0.15) is 0 Å². The summed E-state index contributed by atoms with van der Waals surface area (Å²) in [6.07, 6.45) is 4.51. The van der Waals surface area contributed by atoms with Gasteiger partial charge in [-0.15, -0.1) is 0 Å². The Labute approximate surface area is 80.2 Å². The monoisotopic (exact) mass is 181 g/mol. The molecule has 74 valence electrons. The van der Waals surface area contributed by atoms with Crippen LogP contribution in [0.25, 0.3) is 0 Å². The van der Waals surface area contributed by atoms with Crippen LogP contribution in [0.3, 0.4) is 0 Å². The van der Waals surface area contributed by atoms with Crippen LogP contribution in [0.2, 0.25) is 0 Å². The minimum Gasteiger partial charge on any atom is -0.324 e. The van der Waals surface area contributed by atoms with Crippen LogP contribution in [0.5, 0.6) is 0 Å². The number of rotatable bonds is 2. The Balaban J connectivity index is 2.90. The summed E-state index contributed by atoms with van der Waals surface area (Å²) >= 11 is 0. The van der Waals surface area contributed by atoms with Gasteiger partial charge < -0.3 is 5.73 Å². The number of carbonyl (C=O) groups is 1. The molecule has 1 aliphatic rings. The van der Waals surface area contributed by atoms with Crippen molar-refractivity contribution in [1.82, 2.24) is 0 Å². The number of Topliss-reactive ketones (excluding diaryl/α,β-unsaturated/α-hetero) is 1. The van der Waals surface area contributed by atoms with Gasteiger partial charge in [0.25, 0.3) is 0 Å². The van der Waals surface area contributed by atoms with E-state index >= 15 is 0 Å². The molecule has 1 unspecified atom stereocenters. The number of carbonyl (C=O) groups excluding carboxylic acids is 1. The first kappa shape index (κ1) is 10.5. The normalized spacial score (nSPS) is 24.0. The average Bonchev–Trinajstić information content (AvgIpc) is 2.08. The van der Waals surface area contributed by atoms with E-state index in [9.17, 15) is 4.79 Å². The van der Waals surface area contributed by atoms with Gasteiger partial charge in [-0.3, -0.25) is 4.79 Å². The van der Waals surface area contributed by atoms with Gasteiger partial charge in [0.1, 0.15) is 0 Å². The molecule has 0 spiro atoms. The van der Waals surface area contributed by atoms with Crippen molar-refractivity contribution in [2.45, 2.75) is 46.1 Å². The van der Waals surface area contributed by atoms with E-state index < -0.39 is 0 Å². The van der Waals surface area contributed by atoms with E-state index in [1.54, 1.807) is 0 Å². The first-order valence-electron chi connectivity index (χ1n) is 4.98. The van der Waals surface area contributed by atoms with Crippen molar-refractivity contribution in [2.75, 3.05) is 0 Å². The van der Waals surface area contributed by atoms with Crippen LogP contribution in [-0.4, -0.2) is 11.8 Å². The zero-order valence-corrected chi connectivity index (χ0v) is 8.76. The summed E-state index contributed by atoms with van der Waals surface area (Å²) in [5.74, 6) is 0.244. The maximum absolute atomic E-state index is 11.5. The Morgan fingerprint density at radius 2 is 2.23 bits per heavy atom. The van der Waals surface area contributed by atoms with Gasteiger partial charge in [0.15, 0.2) is 5.78 Å². The van der Waals surface area contributed by atoms with E-state index in [-0.39, 0.29) is 17.2 Å². The van der Waals surface area contributed by atoms with Crippen LogP contribution in [-0.2, 0) is 4.79 Å². The summed E-state index contributed by atoms with van der Waals surface area (Å²) in [6, 6.07) is -0.0629. The first-order chi connectivity index (χ1) is 5.96. The number of hydrogen-bond donors (Lipinski definition) is 1. The highest BCUT2D eigenvalue weighted by Gasteiger charge is 2.27. The quantitative estimate of drug-likeness (QED) is 0.708. The molecule has 0 amide bonds. The molecule has 1 aliphatic carbocycles. The van der Waals surface area contributed by atoms with Crippen molar-refractivity contribution in [2.24, 2.45) is 11.1 Å². The van der Waals surface area contributed by atoms with Crippen LogP contribution in [0.4, 0.5) is 0 Å². The molecule has 0 fully saturated rings. The molecule has 0 aliphatic heterocycles. The predicted octanol–water partition coefficient (Wildman–Crippen LogP) is 2.04. The van der Waals surface area contributed by atoms with Gasteiger partial charge in [-0.25, -0.2) is 0 Å². The van der Waals surface area contributed by atoms with Crippen molar-refractivity contribution in [1.29, 1.82) is 0 Å². The molecule has 0 saturated carbocycles. The fourth-order valence-electron chi connectivity index (χ4n) is 1.69. The Morgan fingerprint density at radius 1 is 1.62 bits per heavy atom. The molecule has 13 heavy (non-hydrogen) atoms. The molecule has 0 saturated heterocycles. The lowest BCUT2D eigenvalue weighted by Crippen LogP contribution is -2.31. The van der Waals surface area contributed by atoms with Gasteiger partial charge in [0.05, 0.1) is 0 Å². The Bertz CT molecular complexity index is 240. The molecule has 2 N–H and O–H groups in total. The van der Waals surface area contributed by atoms with Crippen LogP contribution >= 0.6 is 0 Å². The minimum absolute atomic E-state index is 0.0629. The van der Waals surface area contributed by atoms with Crippen LogP contribution in [0.15, 0.2) is 11.6 Å². The van der Waals surface area contributed by atoms with Crippen molar-refractivity contribution < 1.29 is 4.79 Å². The lowest BCUT2D eigenvalue weighted by atomic mass is 9.77. The smallest absolute Gasteiger partial charge is 0.160 e. The largest absolute Gasteiger partial charge is 0.324 e. The Morgan fingerprint density at radius 3 is 2.77 bits per heavy atom. The van der Waals surface area contributed by atoms with E-state index in [1.165, 1.54) is 0 Å². The first-order valence-corrected chi connectivity index (χ1v) is 4.98. The molecule has 1 rings (SSSR count). The Hall–Kier alpha value is -0.630. The zero-order valence-electron chi connectivity index (χ0n) is 8.76. The predicted molar refractivity (Wildman–Crippen MR) is 54.4 cm³/mol. The van der Waals surface area contributed by atoms with E-state index in [2.05, 4.69) is 19.9 Å². The van der Waals surface area contributed by atoms with Crippen molar-refractivity contribution in [3.63, 3.8) is 0 Å². The van der Waals surface area contributed by atoms with E-state index in [0.717, 1.165) is 18.4 Å². The lowest BCUT2D eigenvalue weighted by Gasteiger charge is -2.28. The third-order valence-electron chi connectivity index (χ3n) is 2.70. The highest BCUT2D eigenvalue weighted by atomic mass is 16.1. The third kappa shape index (κ3) is 2.41. The number of nitrogens with two attached hydrogens (primary N) is 1. The second-order valence-electron chi connectivity index (χ2n) is 4.53. The molecule has 1 atom stereocenters. The van der Waals surface area contributed by atoms with Crippen LogP contribution in [0, 0.1) is 5.41 Å². The van der Waals surface area contributed by atoms with E-state index in [1.807, 2.05) is 6.92 Å². The van der Waals surface area contributed by atoms with Gasteiger partial charge in [0, 0.05) is 18.0 Å². The molecule has 0 aromatic carbocycles.